The summed E-state index contributed by atoms with van der Waals surface area (Å²) >= 11 is 0. The number of pyridine rings is 1. The normalized spacial score (nSPS) is 17.0. The molecule has 1 aliphatic carbocycles. The van der Waals surface area contributed by atoms with E-state index in [2.05, 4.69) is 15.4 Å². The zero-order valence-corrected chi connectivity index (χ0v) is 14.0. The van der Waals surface area contributed by atoms with Crippen LogP contribution in [0.15, 0.2) is 30.7 Å². The maximum atomic E-state index is 12.5. The number of fused-ring (bicyclic) bond motifs is 2. The lowest BCUT2D eigenvalue weighted by molar-refractivity contribution is -0.121. The van der Waals surface area contributed by atoms with Crippen molar-refractivity contribution >= 4 is 11.6 Å². The van der Waals surface area contributed by atoms with Crippen LogP contribution in [0, 0.1) is 6.92 Å². The van der Waals surface area contributed by atoms with E-state index in [0.717, 1.165) is 41.7 Å². The van der Waals surface area contributed by atoms with Crippen LogP contribution >= 0.6 is 0 Å². The summed E-state index contributed by atoms with van der Waals surface area (Å²) < 4.78 is 3.89. The van der Waals surface area contributed by atoms with Gasteiger partial charge in [0.15, 0.2) is 0 Å². The summed E-state index contributed by atoms with van der Waals surface area (Å²) in [5.74, 6) is 0.0118. The number of amides is 1. The predicted molar refractivity (Wildman–Crippen MR) is 90.7 cm³/mol. The van der Waals surface area contributed by atoms with Gasteiger partial charge in [0, 0.05) is 30.7 Å². The third-order valence-electron chi connectivity index (χ3n) is 4.78. The number of hydrogen-bond donors (Lipinski definition) is 1. The molecule has 0 saturated carbocycles. The number of imidazole rings is 1. The third kappa shape index (κ3) is 2.58. The Morgan fingerprint density at radius 1 is 1.46 bits per heavy atom. The predicted octanol–water partition coefficient (Wildman–Crippen LogP) is 2.11. The number of aryl methyl sites for hydroxylation is 2. The molecule has 0 spiro atoms. The molecule has 0 unspecified atom stereocenters. The van der Waals surface area contributed by atoms with Crippen molar-refractivity contribution in [1.82, 2.24) is 24.5 Å². The van der Waals surface area contributed by atoms with E-state index in [1.165, 1.54) is 5.69 Å². The second-order valence-corrected chi connectivity index (χ2v) is 6.51. The van der Waals surface area contributed by atoms with E-state index in [9.17, 15) is 4.79 Å². The molecule has 4 rings (SSSR count). The zero-order chi connectivity index (χ0) is 16.7. The summed E-state index contributed by atoms with van der Waals surface area (Å²) in [6, 6.07) is 4.08. The molecule has 1 N–H and O–H groups in total. The largest absolute Gasteiger partial charge is 0.349 e. The van der Waals surface area contributed by atoms with Crippen molar-refractivity contribution in [3.05, 3.63) is 53.2 Å². The van der Waals surface area contributed by atoms with Crippen LogP contribution in [-0.2, 0) is 24.7 Å². The first-order valence-electron chi connectivity index (χ1n) is 8.35. The van der Waals surface area contributed by atoms with Gasteiger partial charge in [0.05, 0.1) is 24.4 Å². The molecule has 1 aliphatic rings. The van der Waals surface area contributed by atoms with Gasteiger partial charge in [-0.15, -0.1) is 0 Å². The van der Waals surface area contributed by atoms with E-state index in [-0.39, 0.29) is 11.9 Å². The molecule has 24 heavy (non-hydrogen) atoms. The van der Waals surface area contributed by atoms with Crippen molar-refractivity contribution in [1.29, 1.82) is 0 Å². The number of nitrogens with zero attached hydrogens (tertiary/aromatic N) is 4. The highest BCUT2D eigenvalue weighted by atomic mass is 16.1. The highest BCUT2D eigenvalue weighted by Gasteiger charge is 2.24. The van der Waals surface area contributed by atoms with Gasteiger partial charge in [0.2, 0.25) is 5.91 Å². The molecule has 1 amide bonds. The fourth-order valence-corrected chi connectivity index (χ4v) is 3.56. The Labute approximate surface area is 140 Å². The second kappa shape index (κ2) is 5.78. The second-order valence-electron chi connectivity index (χ2n) is 6.51. The number of nitrogens with one attached hydrogen (secondary N) is 1. The fraction of sp³-hybridized carbons (Fsp3) is 0.389. The van der Waals surface area contributed by atoms with Crippen LogP contribution in [0.5, 0.6) is 0 Å². The molecule has 3 aromatic rings. The summed E-state index contributed by atoms with van der Waals surface area (Å²) in [6.07, 6.45) is 9.14. The molecule has 3 aromatic heterocycles. The molecule has 0 fully saturated rings. The van der Waals surface area contributed by atoms with Crippen molar-refractivity contribution in [2.45, 2.75) is 38.6 Å². The quantitative estimate of drug-likeness (QED) is 0.803. The molecule has 1 atom stereocenters. The minimum Gasteiger partial charge on any atom is -0.349 e. The molecule has 6 heteroatoms. The van der Waals surface area contributed by atoms with Gasteiger partial charge in [-0.1, -0.05) is 6.07 Å². The van der Waals surface area contributed by atoms with Gasteiger partial charge in [0.1, 0.15) is 5.65 Å². The lowest BCUT2D eigenvalue weighted by Gasteiger charge is -2.23. The lowest BCUT2D eigenvalue weighted by Crippen LogP contribution is -2.32. The minimum atomic E-state index is 0.0118. The Hall–Kier alpha value is -2.63. The van der Waals surface area contributed by atoms with Crippen molar-refractivity contribution in [3.8, 4) is 0 Å². The first-order valence-corrected chi connectivity index (χ1v) is 8.35. The standard InChI is InChI=1S/C18H21N5O/c1-12-5-4-8-23-11-13(20-18(12)23)9-17(24)21-15-6-3-7-16-14(15)10-19-22(16)2/h4-5,8,10-11,15H,3,6-7,9H2,1-2H3,(H,21,24)/t15-/m0/s1. The summed E-state index contributed by atoms with van der Waals surface area (Å²) in [4.78, 5) is 17.1. The molecule has 124 valence electrons. The molecule has 0 bridgehead atoms. The Balaban J connectivity index is 1.50. The highest BCUT2D eigenvalue weighted by Crippen LogP contribution is 2.29. The first kappa shape index (κ1) is 14.9. The van der Waals surface area contributed by atoms with Gasteiger partial charge in [-0.2, -0.15) is 5.10 Å². The van der Waals surface area contributed by atoms with E-state index >= 15 is 0 Å². The van der Waals surface area contributed by atoms with Crippen LogP contribution in [0.4, 0.5) is 0 Å². The summed E-state index contributed by atoms with van der Waals surface area (Å²) in [5, 5.41) is 7.48. The van der Waals surface area contributed by atoms with Crippen LogP contribution in [0.3, 0.4) is 0 Å². The average molecular weight is 323 g/mol. The Bertz CT molecular complexity index is 907. The van der Waals surface area contributed by atoms with Gasteiger partial charge < -0.3 is 9.72 Å². The van der Waals surface area contributed by atoms with Crippen LogP contribution < -0.4 is 5.32 Å². The van der Waals surface area contributed by atoms with Crippen molar-refractivity contribution in [3.63, 3.8) is 0 Å². The summed E-state index contributed by atoms with van der Waals surface area (Å²) in [7, 11) is 1.96. The van der Waals surface area contributed by atoms with Crippen LogP contribution in [0.1, 0.15) is 41.4 Å². The van der Waals surface area contributed by atoms with Gasteiger partial charge >= 0.3 is 0 Å². The zero-order valence-electron chi connectivity index (χ0n) is 14.0. The summed E-state index contributed by atoms with van der Waals surface area (Å²) in [6.45, 7) is 2.03. The van der Waals surface area contributed by atoms with Gasteiger partial charge in [-0.3, -0.25) is 9.48 Å². The third-order valence-corrected chi connectivity index (χ3v) is 4.78. The van der Waals surface area contributed by atoms with E-state index in [0.29, 0.717) is 6.42 Å². The molecular weight excluding hydrogens is 302 g/mol. The molecule has 0 saturated heterocycles. The summed E-state index contributed by atoms with van der Waals surface area (Å²) in [5.41, 5.74) is 5.20. The Kier molecular flexibility index (Phi) is 3.59. The first-order chi connectivity index (χ1) is 11.6. The number of carbonyl (C=O) groups is 1. The SMILES string of the molecule is Cc1cccn2cc(CC(=O)N[C@H]3CCCc4c3cnn4C)nc12. The molecule has 6 nitrogen and oxygen atoms in total. The number of hydrogen-bond acceptors (Lipinski definition) is 3. The minimum absolute atomic E-state index is 0.0118. The highest BCUT2D eigenvalue weighted by molar-refractivity contribution is 5.79. The van der Waals surface area contributed by atoms with Gasteiger partial charge in [-0.05, 0) is 37.8 Å². The van der Waals surface area contributed by atoms with Crippen molar-refractivity contribution in [2.75, 3.05) is 0 Å². The molecule has 0 aliphatic heterocycles. The van der Waals surface area contributed by atoms with Crippen LogP contribution in [0.25, 0.3) is 5.65 Å². The Morgan fingerprint density at radius 3 is 3.17 bits per heavy atom. The molecular formula is C18H21N5O. The van der Waals surface area contributed by atoms with E-state index in [1.54, 1.807) is 0 Å². The van der Waals surface area contributed by atoms with E-state index < -0.39 is 0 Å². The van der Waals surface area contributed by atoms with E-state index in [1.807, 2.05) is 53.8 Å². The van der Waals surface area contributed by atoms with Crippen molar-refractivity contribution in [2.24, 2.45) is 7.05 Å². The van der Waals surface area contributed by atoms with Gasteiger partial charge in [0.25, 0.3) is 0 Å². The van der Waals surface area contributed by atoms with Crippen LogP contribution in [0.2, 0.25) is 0 Å². The topological polar surface area (TPSA) is 64.2 Å². The number of carbonyl (C=O) groups excluding carboxylic acids is 1. The maximum Gasteiger partial charge on any atom is 0.226 e. The van der Waals surface area contributed by atoms with Gasteiger partial charge in [-0.25, -0.2) is 4.98 Å². The number of aromatic nitrogens is 4. The average Bonchev–Trinajstić information content (AvgIpc) is 3.13. The number of rotatable bonds is 3. The van der Waals surface area contributed by atoms with Crippen molar-refractivity contribution < 1.29 is 4.79 Å². The molecule has 0 radical (unpaired) electrons. The lowest BCUT2D eigenvalue weighted by atomic mass is 9.93. The molecule has 3 heterocycles. The molecule has 0 aromatic carbocycles. The maximum absolute atomic E-state index is 12.5. The van der Waals surface area contributed by atoms with Crippen LogP contribution in [-0.4, -0.2) is 25.1 Å². The fourth-order valence-electron chi connectivity index (χ4n) is 3.56. The monoisotopic (exact) mass is 323 g/mol. The smallest absolute Gasteiger partial charge is 0.226 e. The van der Waals surface area contributed by atoms with E-state index in [4.69, 9.17) is 0 Å². The Morgan fingerprint density at radius 2 is 2.33 bits per heavy atom.